The Hall–Kier alpha value is -2.29. The van der Waals surface area contributed by atoms with Crippen molar-refractivity contribution in [1.82, 2.24) is 0 Å². The molecule has 0 radical (unpaired) electrons. The van der Waals surface area contributed by atoms with Gasteiger partial charge >= 0.3 is 5.97 Å². The summed E-state index contributed by atoms with van der Waals surface area (Å²) >= 11 is 0. The van der Waals surface area contributed by atoms with E-state index in [0.717, 1.165) is 24.2 Å². The Labute approximate surface area is 118 Å². The molecule has 0 spiro atoms. The lowest BCUT2D eigenvalue weighted by atomic mass is 9.95. The van der Waals surface area contributed by atoms with Gasteiger partial charge in [0.05, 0.1) is 7.11 Å². The van der Waals surface area contributed by atoms with Crippen LogP contribution in [0.2, 0.25) is 0 Å². The molecule has 0 saturated heterocycles. The van der Waals surface area contributed by atoms with Gasteiger partial charge in [-0.25, -0.2) is 4.79 Å². The molecule has 0 aliphatic carbocycles. The van der Waals surface area contributed by atoms with Crippen LogP contribution < -0.4 is 4.90 Å². The van der Waals surface area contributed by atoms with Crippen LogP contribution >= 0.6 is 0 Å². The van der Waals surface area contributed by atoms with E-state index in [1.54, 1.807) is 0 Å². The Bertz CT molecular complexity index is 609. The van der Waals surface area contributed by atoms with Gasteiger partial charge in [0.15, 0.2) is 0 Å². The van der Waals surface area contributed by atoms with E-state index in [-0.39, 0.29) is 12.0 Å². The second-order valence-electron chi connectivity index (χ2n) is 4.91. The number of carbonyl (C=O) groups excluding carboxylic acids is 1. The molecule has 102 valence electrons. The first-order chi connectivity index (χ1) is 9.81. The second kappa shape index (κ2) is 5.37. The quantitative estimate of drug-likeness (QED) is 0.782. The Morgan fingerprint density at radius 3 is 2.55 bits per heavy atom. The van der Waals surface area contributed by atoms with Crippen molar-refractivity contribution < 1.29 is 9.53 Å². The first-order valence-electron chi connectivity index (χ1n) is 6.81. The summed E-state index contributed by atoms with van der Waals surface area (Å²) in [5, 5.41) is 0. The van der Waals surface area contributed by atoms with E-state index in [1.165, 1.54) is 12.7 Å². The number of anilines is 2. The van der Waals surface area contributed by atoms with Crippen LogP contribution in [0.25, 0.3) is 0 Å². The third kappa shape index (κ3) is 2.16. The van der Waals surface area contributed by atoms with E-state index < -0.39 is 0 Å². The van der Waals surface area contributed by atoms with E-state index in [9.17, 15) is 4.79 Å². The topological polar surface area (TPSA) is 29.5 Å². The number of para-hydroxylation sites is 2. The molecule has 20 heavy (non-hydrogen) atoms. The van der Waals surface area contributed by atoms with Crippen molar-refractivity contribution in [1.29, 1.82) is 0 Å². The smallest absolute Gasteiger partial charge is 0.328 e. The Balaban J connectivity index is 2.10. The molecule has 1 unspecified atom stereocenters. The van der Waals surface area contributed by atoms with Crippen LogP contribution in [0.15, 0.2) is 54.6 Å². The van der Waals surface area contributed by atoms with Gasteiger partial charge in [0, 0.05) is 11.4 Å². The van der Waals surface area contributed by atoms with Gasteiger partial charge in [-0.15, -0.1) is 0 Å². The van der Waals surface area contributed by atoms with E-state index in [0.29, 0.717) is 0 Å². The summed E-state index contributed by atoms with van der Waals surface area (Å²) in [6.45, 7) is 0. The average Bonchev–Trinajstić information content (AvgIpc) is 2.53. The van der Waals surface area contributed by atoms with Crippen LogP contribution in [0, 0.1) is 0 Å². The molecule has 3 nitrogen and oxygen atoms in total. The molecule has 1 aliphatic heterocycles. The minimum Gasteiger partial charge on any atom is -0.467 e. The van der Waals surface area contributed by atoms with Crippen molar-refractivity contribution in [3.8, 4) is 0 Å². The molecule has 3 heteroatoms. The lowest BCUT2D eigenvalue weighted by Gasteiger charge is -2.37. The van der Waals surface area contributed by atoms with E-state index >= 15 is 0 Å². The largest absolute Gasteiger partial charge is 0.467 e. The summed E-state index contributed by atoms with van der Waals surface area (Å²) in [7, 11) is 1.45. The fourth-order valence-electron chi connectivity index (χ4n) is 2.81. The molecule has 1 aliphatic rings. The van der Waals surface area contributed by atoms with Crippen molar-refractivity contribution in [3.63, 3.8) is 0 Å². The highest BCUT2D eigenvalue weighted by molar-refractivity contribution is 5.85. The maximum atomic E-state index is 12.1. The third-order valence-corrected chi connectivity index (χ3v) is 3.76. The second-order valence-corrected chi connectivity index (χ2v) is 4.91. The van der Waals surface area contributed by atoms with E-state index in [1.807, 2.05) is 42.5 Å². The summed E-state index contributed by atoms with van der Waals surface area (Å²) in [4.78, 5) is 14.2. The number of rotatable bonds is 2. The molecular weight excluding hydrogens is 250 g/mol. The molecule has 0 N–H and O–H groups in total. The highest BCUT2D eigenvalue weighted by Crippen LogP contribution is 2.36. The van der Waals surface area contributed by atoms with Crippen LogP contribution in [0.1, 0.15) is 12.0 Å². The van der Waals surface area contributed by atoms with Crippen molar-refractivity contribution in [2.24, 2.45) is 0 Å². The fourth-order valence-corrected chi connectivity index (χ4v) is 2.81. The van der Waals surface area contributed by atoms with E-state index in [4.69, 9.17) is 4.74 Å². The van der Waals surface area contributed by atoms with Crippen molar-refractivity contribution in [2.45, 2.75) is 18.9 Å². The average molecular weight is 267 g/mol. The fraction of sp³-hybridized carbons (Fsp3) is 0.235. The highest BCUT2D eigenvalue weighted by Gasteiger charge is 2.32. The van der Waals surface area contributed by atoms with Gasteiger partial charge in [-0.3, -0.25) is 0 Å². The van der Waals surface area contributed by atoms with Crippen LogP contribution in [-0.2, 0) is 16.0 Å². The zero-order valence-electron chi connectivity index (χ0n) is 11.5. The summed E-state index contributed by atoms with van der Waals surface area (Å²) in [6.07, 6.45) is 1.68. The SMILES string of the molecule is COC(=O)C1CCc2ccccc2N1c1ccccc1. The minimum atomic E-state index is -0.253. The predicted molar refractivity (Wildman–Crippen MR) is 79.1 cm³/mol. The normalized spacial score (nSPS) is 17.4. The van der Waals surface area contributed by atoms with Crippen molar-refractivity contribution in [2.75, 3.05) is 12.0 Å². The first-order valence-corrected chi connectivity index (χ1v) is 6.81. The molecule has 0 amide bonds. The van der Waals surface area contributed by atoms with Crippen LogP contribution in [0.3, 0.4) is 0 Å². The summed E-state index contributed by atoms with van der Waals surface area (Å²) in [6, 6.07) is 18.0. The molecule has 0 aromatic heterocycles. The number of ether oxygens (including phenoxy) is 1. The van der Waals surface area contributed by atoms with Gasteiger partial charge < -0.3 is 9.64 Å². The molecule has 0 fully saturated rings. The molecule has 2 aromatic carbocycles. The van der Waals surface area contributed by atoms with Crippen LogP contribution in [-0.4, -0.2) is 19.1 Å². The minimum absolute atomic E-state index is 0.177. The number of methoxy groups -OCH3 is 1. The number of fused-ring (bicyclic) bond motifs is 1. The van der Waals surface area contributed by atoms with Gasteiger partial charge in [-0.05, 0) is 36.6 Å². The zero-order chi connectivity index (χ0) is 13.9. The van der Waals surface area contributed by atoms with Crippen LogP contribution in [0.4, 0.5) is 11.4 Å². The predicted octanol–water partition coefficient (Wildman–Crippen LogP) is 3.31. The third-order valence-electron chi connectivity index (χ3n) is 3.76. The molecule has 1 heterocycles. The molecule has 0 saturated carbocycles. The molecular formula is C17H17NO2. The maximum Gasteiger partial charge on any atom is 0.328 e. The summed E-state index contributed by atoms with van der Waals surface area (Å²) in [5.41, 5.74) is 3.40. The summed E-state index contributed by atoms with van der Waals surface area (Å²) in [5.74, 6) is -0.177. The highest BCUT2D eigenvalue weighted by atomic mass is 16.5. The monoisotopic (exact) mass is 267 g/mol. The Kier molecular flexibility index (Phi) is 3.42. The molecule has 2 aromatic rings. The van der Waals surface area contributed by atoms with Gasteiger partial charge in [0.1, 0.15) is 6.04 Å². The van der Waals surface area contributed by atoms with Crippen molar-refractivity contribution >= 4 is 17.3 Å². The molecule has 0 bridgehead atoms. The maximum absolute atomic E-state index is 12.1. The first kappa shape index (κ1) is 12.7. The Morgan fingerprint density at radius 2 is 1.80 bits per heavy atom. The number of esters is 1. The zero-order valence-corrected chi connectivity index (χ0v) is 11.5. The van der Waals surface area contributed by atoms with E-state index in [2.05, 4.69) is 17.0 Å². The number of benzene rings is 2. The molecule has 1 atom stereocenters. The van der Waals surface area contributed by atoms with Gasteiger partial charge in [-0.2, -0.15) is 0 Å². The number of aryl methyl sites for hydroxylation is 1. The summed E-state index contributed by atoms with van der Waals surface area (Å²) < 4.78 is 4.98. The van der Waals surface area contributed by atoms with Gasteiger partial charge in [0.25, 0.3) is 0 Å². The van der Waals surface area contributed by atoms with Gasteiger partial charge in [-0.1, -0.05) is 36.4 Å². The lowest BCUT2D eigenvalue weighted by molar-refractivity contribution is -0.142. The Morgan fingerprint density at radius 1 is 1.10 bits per heavy atom. The number of nitrogens with zero attached hydrogens (tertiary/aromatic N) is 1. The number of hydrogen-bond donors (Lipinski definition) is 0. The van der Waals surface area contributed by atoms with Crippen molar-refractivity contribution in [3.05, 3.63) is 60.2 Å². The van der Waals surface area contributed by atoms with Crippen LogP contribution in [0.5, 0.6) is 0 Å². The standard InChI is InChI=1S/C17H17NO2/c1-20-17(19)16-12-11-13-7-5-6-10-15(13)18(16)14-8-3-2-4-9-14/h2-10,16H,11-12H2,1H3. The number of carbonyl (C=O) groups is 1. The number of hydrogen-bond acceptors (Lipinski definition) is 3. The van der Waals surface area contributed by atoms with Gasteiger partial charge in [0.2, 0.25) is 0 Å². The lowest BCUT2D eigenvalue weighted by Crippen LogP contribution is -2.42. The molecule has 3 rings (SSSR count).